The Bertz CT molecular complexity index is 1260. The molecule has 0 bridgehead atoms. The van der Waals surface area contributed by atoms with Gasteiger partial charge in [-0.2, -0.15) is 0 Å². The van der Waals surface area contributed by atoms with Crippen molar-refractivity contribution in [2.24, 2.45) is 0 Å². The second-order valence-electron chi connectivity index (χ2n) is 9.50. The average Bonchev–Trinajstić information content (AvgIpc) is 3.39. The number of unbranched alkanes of at least 4 members (excludes halogenated alkanes) is 1. The molecule has 1 aliphatic heterocycles. The van der Waals surface area contributed by atoms with Gasteiger partial charge in [-0.25, -0.2) is 0 Å². The van der Waals surface area contributed by atoms with Crippen LogP contribution >= 0.6 is 0 Å². The van der Waals surface area contributed by atoms with E-state index < -0.39 is 0 Å². The summed E-state index contributed by atoms with van der Waals surface area (Å²) >= 11 is 0. The van der Waals surface area contributed by atoms with Crippen LogP contribution in [0.4, 0.5) is 0 Å². The number of nitrogens with one attached hydrogen (secondary N) is 1. The lowest BCUT2D eigenvalue weighted by atomic mass is 9.90. The third-order valence-electron chi connectivity index (χ3n) is 6.98. The first kappa shape index (κ1) is 23.3. The lowest BCUT2D eigenvalue weighted by Gasteiger charge is -2.15. The predicted octanol–water partition coefficient (Wildman–Crippen LogP) is 6.81. The van der Waals surface area contributed by atoms with Crippen LogP contribution in [-0.2, 0) is 6.42 Å². The molecule has 0 spiro atoms. The van der Waals surface area contributed by atoms with Crippen molar-refractivity contribution in [3.63, 3.8) is 0 Å². The molecule has 3 N–H and O–H groups in total. The summed E-state index contributed by atoms with van der Waals surface area (Å²) in [6.07, 6.45) is 6.91. The minimum absolute atomic E-state index is 0.256. The molecule has 1 heterocycles. The highest BCUT2D eigenvalue weighted by atomic mass is 16.5. The van der Waals surface area contributed by atoms with E-state index in [0.717, 1.165) is 47.1 Å². The van der Waals surface area contributed by atoms with E-state index in [-0.39, 0.29) is 11.5 Å². The summed E-state index contributed by atoms with van der Waals surface area (Å²) in [5.41, 5.74) is 4.58. The van der Waals surface area contributed by atoms with Gasteiger partial charge in [-0.3, -0.25) is 0 Å². The second kappa shape index (κ2) is 10.8. The molecule has 1 atom stereocenters. The Morgan fingerprint density at radius 3 is 2.40 bits per heavy atom. The lowest BCUT2D eigenvalue weighted by molar-refractivity contribution is 0.302. The average molecular weight is 468 g/mol. The Kier molecular flexibility index (Phi) is 7.20. The van der Waals surface area contributed by atoms with Crippen LogP contribution in [0, 0.1) is 0 Å². The largest absolute Gasteiger partial charge is 0.508 e. The first-order valence-corrected chi connectivity index (χ1v) is 12.6. The molecule has 0 amide bonds. The zero-order valence-electron chi connectivity index (χ0n) is 20.0. The molecule has 4 heteroatoms. The van der Waals surface area contributed by atoms with Gasteiger partial charge in [-0.1, -0.05) is 42.5 Å². The summed E-state index contributed by atoms with van der Waals surface area (Å²) in [4.78, 5) is 0. The SMILES string of the molecule is Oc1ccc(-c2ccc3cc(O)ccc3c2Cc2ccc(OCCCCC3CCCN3)cc2)cc1. The summed E-state index contributed by atoms with van der Waals surface area (Å²) in [6, 6.07) is 26.1. The van der Waals surface area contributed by atoms with Gasteiger partial charge < -0.3 is 20.3 Å². The molecular weight excluding hydrogens is 434 g/mol. The van der Waals surface area contributed by atoms with Gasteiger partial charge in [0.1, 0.15) is 17.2 Å². The maximum absolute atomic E-state index is 9.97. The van der Waals surface area contributed by atoms with Crippen molar-refractivity contribution in [2.75, 3.05) is 13.2 Å². The van der Waals surface area contributed by atoms with E-state index in [1.165, 1.54) is 43.4 Å². The first-order chi connectivity index (χ1) is 17.2. The molecule has 4 aromatic carbocycles. The van der Waals surface area contributed by atoms with Crippen molar-refractivity contribution < 1.29 is 14.9 Å². The maximum Gasteiger partial charge on any atom is 0.119 e. The van der Waals surface area contributed by atoms with Gasteiger partial charge in [0.15, 0.2) is 0 Å². The zero-order chi connectivity index (χ0) is 24.0. The van der Waals surface area contributed by atoms with Crippen molar-refractivity contribution in [3.05, 3.63) is 90.0 Å². The van der Waals surface area contributed by atoms with Gasteiger partial charge in [0.25, 0.3) is 0 Å². The van der Waals surface area contributed by atoms with Gasteiger partial charge in [0, 0.05) is 6.04 Å². The number of aromatic hydroxyl groups is 2. The standard InChI is InChI=1S/C31H33NO3/c33-26-11-8-23(9-12-26)29-16-10-24-21-27(34)13-17-30(24)31(29)20-22-6-14-28(15-7-22)35-19-2-1-4-25-5-3-18-32-25/h6-17,21,25,32-34H,1-5,18-20H2. The molecule has 1 saturated heterocycles. The minimum Gasteiger partial charge on any atom is -0.508 e. The maximum atomic E-state index is 9.97. The second-order valence-corrected chi connectivity index (χ2v) is 9.50. The summed E-state index contributed by atoms with van der Waals surface area (Å²) in [5.74, 6) is 1.43. The van der Waals surface area contributed by atoms with Crippen LogP contribution in [-0.4, -0.2) is 29.4 Å². The number of fused-ring (bicyclic) bond motifs is 1. The third-order valence-corrected chi connectivity index (χ3v) is 6.98. The van der Waals surface area contributed by atoms with Gasteiger partial charge in [-0.15, -0.1) is 0 Å². The quantitative estimate of drug-likeness (QED) is 0.237. The molecule has 180 valence electrons. The van der Waals surface area contributed by atoms with E-state index in [0.29, 0.717) is 6.04 Å². The molecule has 5 rings (SSSR count). The molecule has 1 fully saturated rings. The van der Waals surface area contributed by atoms with E-state index in [2.05, 4.69) is 35.6 Å². The fourth-order valence-corrected chi connectivity index (χ4v) is 5.08. The predicted molar refractivity (Wildman–Crippen MR) is 142 cm³/mol. The van der Waals surface area contributed by atoms with Crippen LogP contribution in [0.25, 0.3) is 21.9 Å². The highest BCUT2D eigenvalue weighted by molar-refractivity contribution is 5.93. The molecule has 1 aliphatic rings. The molecule has 0 aliphatic carbocycles. The third kappa shape index (κ3) is 5.77. The Balaban J connectivity index is 1.30. The van der Waals surface area contributed by atoms with Gasteiger partial charge >= 0.3 is 0 Å². The van der Waals surface area contributed by atoms with E-state index in [1.807, 2.05) is 24.3 Å². The van der Waals surface area contributed by atoms with Gasteiger partial charge in [0.2, 0.25) is 0 Å². The normalized spacial score (nSPS) is 15.5. The molecule has 35 heavy (non-hydrogen) atoms. The highest BCUT2D eigenvalue weighted by Gasteiger charge is 2.13. The summed E-state index contributed by atoms with van der Waals surface area (Å²) in [6.45, 7) is 1.93. The Hall–Kier alpha value is -3.50. The first-order valence-electron chi connectivity index (χ1n) is 12.6. The van der Waals surface area contributed by atoms with E-state index in [4.69, 9.17) is 4.74 Å². The number of phenolic OH excluding ortho intramolecular Hbond substituents is 2. The molecular formula is C31H33NO3. The van der Waals surface area contributed by atoms with Crippen LogP contribution in [0.1, 0.15) is 43.2 Å². The fraction of sp³-hybridized carbons (Fsp3) is 0.290. The highest BCUT2D eigenvalue weighted by Crippen LogP contribution is 2.34. The van der Waals surface area contributed by atoms with Gasteiger partial charge in [0.05, 0.1) is 6.61 Å². The molecule has 0 aromatic heterocycles. The summed E-state index contributed by atoms with van der Waals surface area (Å²) in [7, 11) is 0. The molecule has 4 aromatic rings. The lowest BCUT2D eigenvalue weighted by Crippen LogP contribution is -2.21. The van der Waals surface area contributed by atoms with Crippen LogP contribution in [0.15, 0.2) is 78.9 Å². The number of ether oxygens (including phenoxy) is 1. The number of hydrogen-bond acceptors (Lipinski definition) is 4. The van der Waals surface area contributed by atoms with Crippen LogP contribution in [0.3, 0.4) is 0 Å². The smallest absolute Gasteiger partial charge is 0.119 e. The number of benzene rings is 4. The van der Waals surface area contributed by atoms with Crippen LogP contribution < -0.4 is 10.1 Å². The Labute approximate surface area is 207 Å². The molecule has 4 nitrogen and oxygen atoms in total. The number of hydrogen-bond donors (Lipinski definition) is 3. The zero-order valence-corrected chi connectivity index (χ0v) is 20.0. The van der Waals surface area contributed by atoms with Crippen molar-refractivity contribution in [1.82, 2.24) is 5.32 Å². The van der Waals surface area contributed by atoms with Crippen molar-refractivity contribution in [3.8, 4) is 28.4 Å². The fourth-order valence-electron chi connectivity index (χ4n) is 5.08. The summed E-state index contributed by atoms with van der Waals surface area (Å²) in [5, 5.41) is 25.4. The van der Waals surface area contributed by atoms with Crippen LogP contribution in [0.5, 0.6) is 17.2 Å². The van der Waals surface area contributed by atoms with E-state index >= 15 is 0 Å². The number of rotatable bonds is 9. The summed E-state index contributed by atoms with van der Waals surface area (Å²) < 4.78 is 5.99. The van der Waals surface area contributed by atoms with E-state index in [9.17, 15) is 10.2 Å². The molecule has 1 unspecified atom stereocenters. The van der Waals surface area contributed by atoms with Crippen molar-refractivity contribution >= 4 is 10.8 Å². The molecule has 0 saturated carbocycles. The number of phenols is 2. The van der Waals surface area contributed by atoms with Crippen LogP contribution in [0.2, 0.25) is 0 Å². The Morgan fingerprint density at radius 1 is 0.829 bits per heavy atom. The topological polar surface area (TPSA) is 61.7 Å². The van der Waals surface area contributed by atoms with Crippen molar-refractivity contribution in [2.45, 2.75) is 44.6 Å². The monoisotopic (exact) mass is 467 g/mol. The van der Waals surface area contributed by atoms with Gasteiger partial charge in [-0.05, 0) is 114 Å². The van der Waals surface area contributed by atoms with Crippen molar-refractivity contribution in [1.29, 1.82) is 0 Å². The minimum atomic E-state index is 0.256. The molecule has 0 radical (unpaired) electrons. The van der Waals surface area contributed by atoms with E-state index in [1.54, 1.807) is 24.3 Å². The Morgan fingerprint density at radius 2 is 1.63 bits per heavy atom.